The van der Waals surface area contributed by atoms with Crippen molar-refractivity contribution >= 4 is 29.1 Å². The number of ether oxygens (including phenoxy) is 1. The van der Waals surface area contributed by atoms with Gasteiger partial charge in [-0.05, 0) is 81.4 Å². The Morgan fingerprint density at radius 1 is 1.15 bits per heavy atom. The Kier molecular flexibility index (Phi) is 4.83. The van der Waals surface area contributed by atoms with Crippen LogP contribution in [-0.2, 0) is 9.59 Å². The summed E-state index contributed by atoms with van der Waals surface area (Å²) in [4.78, 5) is 25.6. The molecule has 5 nitrogen and oxygen atoms in total. The van der Waals surface area contributed by atoms with Crippen LogP contribution < -0.4 is 15.4 Å². The van der Waals surface area contributed by atoms with Gasteiger partial charge < -0.3 is 15.4 Å². The molecule has 4 saturated carbocycles. The van der Waals surface area contributed by atoms with E-state index in [9.17, 15) is 9.59 Å². The van der Waals surface area contributed by atoms with Crippen molar-refractivity contribution in [3.8, 4) is 5.75 Å². The number of methoxy groups -OCH3 is 1. The molecule has 1 aromatic rings. The number of carbonyl (C=O) groups excluding carboxylic acids is 2. The van der Waals surface area contributed by atoms with Crippen LogP contribution >= 0.6 is 11.6 Å². The third-order valence-corrected chi connectivity index (χ3v) is 6.98. The van der Waals surface area contributed by atoms with Crippen LogP contribution in [0.15, 0.2) is 18.2 Å². The second-order valence-electron chi connectivity index (χ2n) is 8.73. The zero-order valence-electron chi connectivity index (χ0n) is 15.9. The first-order valence-electron chi connectivity index (χ1n) is 9.84. The summed E-state index contributed by atoms with van der Waals surface area (Å²) >= 11 is 6.11. The van der Waals surface area contributed by atoms with Crippen molar-refractivity contribution in [3.63, 3.8) is 0 Å². The van der Waals surface area contributed by atoms with Crippen molar-refractivity contribution in [3.05, 3.63) is 23.2 Å². The Hall–Kier alpha value is -1.75. The van der Waals surface area contributed by atoms with Crippen molar-refractivity contribution in [1.29, 1.82) is 0 Å². The predicted octanol–water partition coefficient (Wildman–Crippen LogP) is 4.01. The van der Waals surface area contributed by atoms with Gasteiger partial charge in [-0.25, -0.2) is 0 Å². The lowest BCUT2D eigenvalue weighted by atomic mass is 9.49. The van der Waals surface area contributed by atoms with Crippen molar-refractivity contribution < 1.29 is 14.3 Å². The molecule has 1 atom stereocenters. The van der Waals surface area contributed by atoms with Crippen molar-refractivity contribution in [2.75, 3.05) is 12.4 Å². The van der Waals surface area contributed by atoms with Gasteiger partial charge in [0, 0.05) is 11.1 Å². The molecule has 0 heterocycles. The molecule has 0 unspecified atom stereocenters. The molecule has 5 rings (SSSR count). The fourth-order valence-corrected chi connectivity index (χ4v) is 6.06. The van der Waals surface area contributed by atoms with Gasteiger partial charge in [0.25, 0.3) is 0 Å². The molecule has 2 N–H and O–H groups in total. The average molecular weight is 391 g/mol. The SMILES string of the molecule is COc1ccc(NC(=O)[C@H](C)NC(=O)C23CC4CC(CC(C4)C2)C3)cc1Cl. The van der Waals surface area contributed by atoms with Crippen LogP contribution in [0.5, 0.6) is 5.75 Å². The Bertz CT molecular complexity index is 729. The van der Waals surface area contributed by atoms with Gasteiger partial charge in [-0.15, -0.1) is 0 Å². The van der Waals surface area contributed by atoms with Gasteiger partial charge in [-0.3, -0.25) is 9.59 Å². The minimum atomic E-state index is -0.591. The van der Waals surface area contributed by atoms with Crippen LogP contribution in [0, 0.1) is 23.2 Å². The molecule has 0 radical (unpaired) electrons. The molecule has 6 heteroatoms. The Morgan fingerprint density at radius 3 is 2.26 bits per heavy atom. The minimum Gasteiger partial charge on any atom is -0.495 e. The predicted molar refractivity (Wildman–Crippen MR) is 105 cm³/mol. The van der Waals surface area contributed by atoms with Gasteiger partial charge in [0.1, 0.15) is 11.8 Å². The zero-order valence-corrected chi connectivity index (χ0v) is 16.6. The van der Waals surface area contributed by atoms with E-state index in [0.717, 1.165) is 19.3 Å². The highest BCUT2D eigenvalue weighted by atomic mass is 35.5. The molecule has 0 spiro atoms. The number of benzene rings is 1. The van der Waals surface area contributed by atoms with E-state index in [0.29, 0.717) is 34.2 Å². The summed E-state index contributed by atoms with van der Waals surface area (Å²) in [5.74, 6) is 2.48. The molecule has 27 heavy (non-hydrogen) atoms. The van der Waals surface area contributed by atoms with E-state index >= 15 is 0 Å². The highest BCUT2D eigenvalue weighted by molar-refractivity contribution is 6.32. The van der Waals surface area contributed by atoms with Crippen LogP contribution in [-0.4, -0.2) is 25.0 Å². The highest BCUT2D eigenvalue weighted by Gasteiger charge is 2.54. The van der Waals surface area contributed by atoms with E-state index in [4.69, 9.17) is 16.3 Å². The van der Waals surface area contributed by atoms with Crippen LogP contribution in [0.3, 0.4) is 0 Å². The lowest BCUT2D eigenvalue weighted by molar-refractivity contribution is -0.147. The first-order valence-corrected chi connectivity index (χ1v) is 10.2. The first-order chi connectivity index (χ1) is 12.9. The maximum Gasteiger partial charge on any atom is 0.246 e. The Labute approximate surface area is 165 Å². The normalized spacial score (nSPS) is 32.0. The highest BCUT2D eigenvalue weighted by Crippen LogP contribution is 2.60. The monoisotopic (exact) mass is 390 g/mol. The number of hydrogen-bond acceptors (Lipinski definition) is 3. The molecule has 2 amide bonds. The van der Waals surface area contributed by atoms with Gasteiger partial charge in [-0.2, -0.15) is 0 Å². The van der Waals surface area contributed by atoms with Gasteiger partial charge in [0.05, 0.1) is 12.1 Å². The second-order valence-corrected chi connectivity index (χ2v) is 9.14. The van der Waals surface area contributed by atoms with Gasteiger partial charge in [0.2, 0.25) is 11.8 Å². The van der Waals surface area contributed by atoms with Crippen molar-refractivity contribution in [1.82, 2.24) is 5.32 Å². The maximum absolute atomic E-state index is 13.1. The summed E-state index contributed by atoms with van der Waals surface area (Å²) in [5, 5.41) is 6.24. The number of hydrogen-bond donors (Lipinski definition) is 2. The van der Waals surface area contributed by atoms with Gasteiger partial charge in [-0.1, -0.05) is 11.6 Å². The zero-order chi connectivity index (χ0) is 19.2. The minimum absolute atomic E-state index is 0.0667. The van der Waals surface area contributed by atoms with Gasteiger partial charge >= 0.3 is 0 Å². The van der Waals surface area contributed by atoms with Crippen LogP contribution in [0.1, 0.15) is 45.4 Å². The van der Waals surface area contributed by atoms with Crippen LogP contribution in [0.2, 0.25) is 5.02 Å². The topological polar surface area (TPSA) is 67.4 Å². The number of carbonyl (C=O) groups is 2. The second kappa shape index (κ2) is 7.01. The molecule has 4 aliphatic rings. The number of amides is 2. The lowest BCUT2D eigenvalue weighted by Gasteiger charge is -2.55. The van der Waals surface area contributed by atoms with E-state index < -0.39 is 6.04 Å². The first kappa shape index (κ1) is 18.6. The summed E-state index contributed by atoms with van der Waals surface area (Å²) < 4.78 is 5.12. The fraction of sp³-hybridized carbons (Fsp3) is 0.619. The summed E-state index contributed by atoms with van der Waals surface area (Å²) in [7, 11) is 1.54. The summed E-state index contributed by atoms with van der Waals surface area (Å²) in [6.45, 7) is 1.73. The molecule has 0 aromatic heterocycles. The third kappa shape index (κ3) is 3.54. The molecule has 4 aliphatic carbocycles. The standard InChI is InChI=1S/C21H27ClN2O3/c1-12(19(25)24-16-3-4-18(27-2)17(22)8-16)23-20(26)21-9-13-5-14(10-21)7-15(6-13)11-21/h3-4,8,12-15H,5-7,9-11H2,1-2H3,(H,23,26)(H,24,25)/t12-,13?,14?,15?,21?/m0/s1. The Morgan fingerprint density at radius 2 is 1.74 bits per heavy atom. The molecule has 4 bridgehead atoms. The van der Waals surface area contributed by atoms with E-state index in [1.807, 2.05) is 0 Å². The van der Waals surface area contributed by atoms with Crippen molar-refractivity contribution in [2.45, 2.75) is 51.5 Å². The average Bonchev–Trinajstić information content (AvgIpc) is 2.60. The number of nitrogens with one attached hydrogen (secondary N) is 2. The number of halogens is 1. The third-order valence-electron chi connectivity index (χ3n) is 6.68. The molecule has 146 valence electrons. The lowest BCUT2D eigenvalue weighted by Crippen LogP contribution is -2.56. The van der Waals surface area contributed by atoms with Crippen molar-refractivity contribution in [2.24, 2.45) is 23.2 Å². The van der Waals surface area contributed by atoms with Gasteiger partial charge in [0.15, 0.2) is 0 Å². The summed E-state index contributed by atoms with van der Waals surface area (Å²) in [6, 6.07) is 4.49. The molecular formula is C21H27ClN2O3. The summed E-state index contributed by atoms with van der Waals surface area (Å²) in [6.07, 6.45) is 6.86. The smallest absolute Gasteiger partial charge is 0.246 e. The quantitative estimate of drug-likeness (QED) is 0.798. The van der Waals surface area contributed by atoms with Crippen LogP contribution in [0.25, 0.3) is 0 Å². The number of anilines is 1. The molecule has 0 aliphatic heterocycles. The summed E-state index contributed by atoms with van der Waals surface area (Å²) in [5.41, 5.74) is 0.342. The van der Waals surface area contributed by atoms with E-state index in [1.54, 1.807) is 32.2 Å². The molecule has 1 aromatic carbocycles. The van der Waals surface area contributed by atoms with E-state index in [2.05, 4.69) is 10.6 Å². The molecule has 0 saturated heterocycles. The maximum atomic E-state index is 13.1. The van der Waals surface area contributed by atoms with E-state index in [-0.39, 0.29) is 17.2 Å². The number of rotatable bonds is 5. The fourth-order valence-electron chi connectivity index (χ4n) is 5.80. The molecular weight excluding hydrogens is 364 g/mol. The Balaban J connectivity index is 1.38. The van der Waals surface area contributed by atoms with Crippen LogP contribution in [0.4, 0.5) is 5.69 Å². The van der Waals surface area contributed by atoms with E-state index in [1.165, 1.54) is 19.3 Å². The molecule has 4 fully saturated rings. The largest absolute Gasteiger partial charge is 0.495 e.